The first-order valence-corrected chi connectivity index (χ1v) is 10.9. The van der Waals surface area contributed by atoms with Crippen molar-refractivity contribution in [2.75, 3.05) is 13.1 Å². The first-order valence-electron chi connectivity index (χ1n) is 9.40. The minimum Gasteiger partial charge on any atom is -0.480 e. The molecule has 166 valence electrons. The van der Waals surface area contributed by atoms with E-state index in [0.717, 1.165) is 10.5 Å². The molecule has 0 bridgehead atoms. The fourth-order valence-electron chi connectivity index (χ4n) is 2.99. The van der Waals surface area contributed by atoms with Crippen LogP contribution in [0.4, 0.5) is 4.79 Å². The summed E-state index contributed by atoms with van der Waals surface area (Å²) >= 11 is 0. The van der Waals surface area contributed by atoms with E-state index in [0.29, 0.717) is 0 Å². The van der Waals surface area contributed by atoms with Crippen LogP contribution in [0.15, 0.2) is 34.2 Å². The number of nitrogens with one attached hydrogen (secondary N) is 1. The Balaban J connectivity index is 2.03. The molecule has 1 aromatic rings. The number of hydrogen-bond acceptors (Lipinski definition) is 6. The van der Waals surface area contributed by atoms with Crippen LogP contribution in [0.5, 0.6) is 0 Å². The lowest BCUT2D eigenvalue weighted by molar-refractivity contribution is -0.142. The lowest BCUT2D eigenvalue weighted by Crippen LogP contribution is -2.43. The number of nitrogens with two attached hydrogens (primary N) is 1. The zero-order valence-corrected chi connectivity index (χ0v) is 18.3. The normalized spacial score (nSPS) is 20.1. The molecule has 0 spiro atoms. The summed E-state index contributed by atoms with van der Waals surface area (Å²) in [7, 11) is -3.88. The molecule has 10 nitrogen and oxygen atoms in total. The largest absolute Gasteiger partial charge is 0.480 e. The highest BCUT2D eigenvalue weighted by Crippen LogP contribution is 2.26. The second-order valence-electron chi connectivity index (χ2n) is 8.23. The Labute approximate surface area is 176 Å². The Hall–Kier alpha value is -2.82. The van der Waals surface area contributed by atoms with E-state index in [1.165, 1.54) is 12.1 Å². The van der Waals surface area contributed by atoms with Gasteiger partial charge in [0.2, 0.25) is 5.96 Å². The van der Waals surface area contributed by atoms with Crippen molar-refractivity contribution in [3.05, 3.63) is 29.8 Å². The van der Waals surface area contributed by atoms with Crippen LogP contribution in [0, 0.1) is 12.8 Å². The van der Waals surface area contributed by atoms with Gasteiger partial charge in [-0.1, -0.05) is 17.7 Å². The molecule has 30 heavy (non-hydrogen) atoms. The molecule has 0 saturated carbocycles. The summed E-state index contributed by atoms with van der Waals surface area (Å²) in [4.78, 5) is 29.1. The van der Waals surface area contributed by atoms with E-state index in [1.807, 2.05) is 6.92 Å². The van der Waals surface area contributed by atoms with Gasteiger partial charge in [-0.2, -0.15) is 0 Å². The number of carbonyl (C=O) groups excluding carboxylic acids is 1. The van der Waals surface area contributed by atoms with Crippen molar-refractivity contribution >= 4 is 28.0 Å². The third kappa shape index (κ3) is 6.34. The van der Waals surface area contributed by atoms with Crippen molar-refractivity contribution in [3.63, 3.8) is 0 Å². The van der Waals surface area contributed by atoms with Crippen molar-refractivity contribution in [1.29, 1.82) is 0 Å². The second kappa shape index (κ2) is 8.90. The highest BCUT2D eigenvalue weighted by atomic mass is 32.2. The number of guanidine groups is 1. The topological polar surface area (TPSA) is 151 Å². The molecule has 0 aliphatic carbocycles. The van der Waals surface area contributed by atoms with E-state index in [4.69, 9.17) is 10.5 Å². The molecule has 1 heterocycles. The monoisotopic (exact) mass is 440 g/mol. The van der Waals surface area contributed by atoms with Crippen molar-refractivity contribution in [3.8, 4) is 0 Å². The number of carboxylic acid groups (broad SMARTS) is 1. The standard InChI is InChI=1S/C19H28N4O6S/c1-12-5-7-14(8-6-12)30(27,28)22-17(20)21-10-13-9-15(16(24)25)23(11-13)18(26)29-19(2,3)4/h5-8,13,15H,9-11H2,1-4H3,(H,24,25)(H3,20,21,22)/t13-,15-/m0/s1. The lowest BCUT2D eigenvalue weighted by Gasteiger charge is -2.26. The van der Waals surface area contributed by atoms with Crippen LogP contribution in [-0.2, 0) is 19.6 Å². The predicted molar refractivity (Wildman–Crippen MR) is 110 cm³/mol. The molecule has 0 aromatic heterocycles. The molecule has 2 rings (SSSR count). The molecular formula is C19H28N4O6S. The van der Waals surface area contributed by atoms with Crippen LogP contribution in [-0.4, -0.2) is 61.2 Å². The Bertz CT molecular complexity index is 921. The minimum atomic E-state index is -3.88. The number of aliphatic imine (C=N–C) groups is 1. The van der Waals surface area contributed by atoms with Gasteiger partial charge >= 0.3 is 12.1 Å². The maximum atomic E-state index is 12.3. The van der Waals surface area contributed by atoms with Gasteiger partial charge in [0.05, 0.1) is 4.90 Å². The smallest absolute Gasteiger partial charge is 0.411 e. The van der Waals surface area contributed by atoms with Crippen LogP contribution in [0.25, 0.3) is 0 Å². The molecule has 0 unspecified atom stereocenters. The number of carboxylic acids is 1. The minimum absolute atomic E-state index is 0.0501. The van der Waals surface area contributed by atoms with Crippen LogP contribution in [0.3, 0.4) is 0 Å². The fourth-order valence-corrected chi connectivity index (χ4v) is 3.94. The summed E-state index contributed by atoms with van der Waals surface area (Å²) in [5.41, 5.74) is 5.88. The van der Waals surface area contributed by atoms with Crippen molar-refractivity contribution in [2.45, 2.75) is 50.7 Å². The predicted octanol–water partition coefficient (Wildman–Crippen LogP) is 1.30. The molecule has 1 saturated heterocycles. The highest BCUT2D eigenvalue weighted by molar-refractivity contribution is 7.90. The lowest BCUT2D eigenvalue weighted by atomic mass is 10.1. The second-order valence-corrected chi connectivity index (χ2v) is 9.92. The molecule has 1 aromatic carbocycles. The zero-order valence-electron chi connectivity index (χ0n) is 17.5. The Morgan fingerprint density at radius 3 is 2.43 bits per heavy atom. The highest BCUT2D eigenvalue weighted by Gasteiger charge is 2.41. The number of amides is 1. The van der Waals surface area contributed by atoms with Crippen molar-refractivity contribution < 1.29 is 27.9 Å². The molecule has 1 amide bonds. The maximum Gasteiger partial charge on any atom is 0.411 e. The number of likely N-dealkylation sites (tertiary alicyclic amines) is 1. The molecular weight excluding hydrogens is 412 g/mol. The number of rotatable bonds is 5. The van der Waals surface area contributed by atoms with Crippen molar-refractivity contribution in [1.82, 2.24) is 9.62 Å². The number of hydrogen-bond donors (Lipinski definition) is 3. The van der Waals surface area contributed by atoms with Gasteiger partial charge in [-0.15, -0.1) is 0 Å². The third-order valence-corrected chi connectivity index (χ3v) is 5.76. The van der Waals surface area contributed by atoms with Gasteiger partial charge in [-0.3, -0.25) is 9.89 Å². The fraction of sp³-hybridized carbons (Fsp3) is 0.526. The van der Waals surface area contributed by atoms with E-state index in [9.17, 15) is 23.1 Å². The molecule has 1 aliphatic heterocycles. The number of ether oxygens (including phenoxy) is 1. The Kier molecular flexibility index (Phi) is 6.96. The van der Waals surface area contributed by atoms with Crippen LogP contribution < -0.4 is 10.5 Å². The summed E-state index contributed by atoms with van der Waals surface area (Å²) in [5, 5.41) is 9.42. The zero-order chi connectivity index (χ0) is 22.7. The molecule has 11 heteroatoms. The number of aryl methyl sites for hydroxylation is 1. The summed E-state index contributed by atoms with van der Waals surface area (Å²) < 4.78 is 32.2. The Morgan fingerprint density at radius 2 is 1.90 bits per heavy atom. The van der Waals surface area contributed by atoms with Gasteiger partial charge in [-0.25, -0.2) is 22.7 Å². The van der Waals surface area contributed by atoms with Crippen LogP contribution >= 0.6 is 0 Å². The van der Waals surface area contributed by atoms with Gasteiger partial charge in [0.25, 0.3) is 10.0 Å². The first kappa shape index (κ1) is 23.5. The Morgan fingerprint density at radius 1 is 1.30 bits per heavy atom. The molecule has 2 atom stereocenters. The quantitative estimate of drug-likeness (QED) is 0.461. The van der Waals surface area contributed by atoms with Crippen molar-refractivity contribution in [2.24, 2.45) is 16.6 Å². The van der Waals surface area contributed by atoms with Gasteiger partial charge in [0.15, 0.2) is 0 Å². The van der Waals surface area contributed by atoms with Gasteiger partial charge in [-0.05, 0) is 52.2 Å². The molecule has 4 N–H and O–H groups in total. The number of aliphatic carboxylic acids is 1. The average Bonchev–Trinajstić information content (AvgIpc) is 3.03. The first-order chi connectivity index (χ1) is 13.8. The number of nitrogens with zero attached hydrogens (tertiary/aromatic N) is 2. The summed E-state index contributed by atoms with van der Waals surface area (Å²) in [6.45, 7) is 7.10. The molecule has 0 radical (unpaired) electrons. The van der Waals surface area contributed by atoms with E-state index in [1.54, 1.807) is 32.9 Å². The number of benzene rings is 1. The van der Waals surface area contributed by atoms with Gasteiger partial charge in [0, 0.05) is 13.1 Å². The van der Waals surface area contributed by atoms with Crippen LogP contribution in [0.1, 0.15) is 32.8 Å². The summed E-state index contributed by atoms with van der Waals surface area (Å²) in [6.07, 6.45) is -0.551. The van der Waals surface area contributed by atoms with Crippen LogP contribution in [0.2, 0.25) is 0 Å². The summed E-state index contributed by atoms with van der Waals surface area (Å²) in [6, 6.07) is 5.21. The SMILES string of the molecule is Cc1ccc(S(=O)(=O)NC(N)=NC[C@@H]2C[C@@H](C(=O)O)N(C(=O)OC(C)(C)C)C2)cc1. The van der Waals surface area contributed by atoms with Gasteiger partial charge in [0.1, 0.15) is 11.6 Å². The average molecular weight is 441 g/mol. The number of sulfonamides is 1. The summed E-state index contributed by atoms with van der Waals surface area (Å²) in [5.74, 6) is -1.75. The van der Waals surface area contributed by atoms with E-state index in [2.05, 4.69) is 9.71 Å². The molecule has 1 aliphatic rings. The third-order valence-electron chi connectivity index (χ3n) is 4.39. The van der Waals surface area contributed by atoms with Gasteiger partial charge < -0.3 is 15.6 Å². The van der Waals surface area contributed by atoms with E-state index >= 15 is 0 Å². The number of carbonyl (C=O) groups is 2. The van der Waals surface area contributed by atoms with E-state index < -0.39 is 33.7 Å². The maximum absolute atomic E-state index is 12.3. The molecule has 1 fully saturated rings. The van der Waals surface area contributed by atoms with E-state index in [-0.39, 0.29) is 36.3 Å².